The Balaban J connectivity index is 1.70. The average molecular weight is 478 g/mol. The molecule has 1 aliphatic heterocycles. The van der Waals surface area contributed by atoms with Crippen LogP contribution in [0.1, 0.15) is 16.7 Å². The van der Waals surface area contributed by atoms with Gasteiger partial charge in [0, 0.05) is 0 Å². The van der Waals surface area contributed by atoms with Crippen LogP contribution in [-0.2, 0) is 14.9 Å². The molecule has 32 heavy (non-hydrogen) atoms. The van der Waals surface area contributed by atoms with Crippen molar-refractivity contribution in [1.29, 1.82) is 0 Å². The lowest BCUT2D eigenvalue weighted by atomic mass is 10.1. The summed E-state index contributed by atoms with van der Waals surface area (Å²) in [6.07, 6.45) is 2.48. The number of benzene rings is 2. The average Bonchev–Trinajstić information content (AvgIpc) is 2.98. The van der Waals surface area contributed by atoms with E-state index < -0.39 is 16.0 Å². The Bertz CT molecular complexity index is 1190. The van der Waals surface area contributed by atoms with Crippen molar-refractivity contribution >= 4 is 39.1 Å². The monoisotopic (exact) mass is 477 g/mol. The van der Waals surface area contributed by atoms with Crippen LogP contribution in [0.4, 0.5) is 4.79 Å². The third-order valence-electron chi connectivity index (χ3n) is 4.52. The van der Waals surface area contributed by atoms with Crippen molar-refractivity contribution in [3.63, 3.8) is 0 Å². The van der Waals surface area contributed by atoms with E-state index in [4.69, 9.17) is 13.7 Å². The topological polar surface area (TPSA) is 99.2 Å². The number of aryl methyl sites for hydroxylation is 2. The molecule has 1 heterocycles. The highest BCUT2D eigenvalue weighted by Gasteiger charge is 2.34. The number of carbonyl (C=O) groups excluding carboxylic acids is 2. The lowest BCUT2D eigenvalue weighted by molar-refractivity contribution is -0.123. The van der Waals surface area contributed by atoms with Gasteiger partial charge in [-0.05, 0) is 66.6 Å². The Labute approximate surface area is 191 Å². The maximum Gasteiger partial charge on any atom is 0.306 e. The molecule has 10 heteroatoms. The van der Waals surface area contributed by atoms with Crippen molar-refractivity contribution in [3.8, 4) is 17.2 Å². The summed E-state index contributed by atoms with van der Waals surface area (Å²) in [5, 5.41) is -0.380. The summed E-state index contributed by atoms with van der Waals surface area (Å²) in [6.45, 7) is 4.20. The molecular formula is C22H23NO7S2. The molecule has 2 aromatic rings. The van der Waals surface area contributed by atoms with Gasteiger partial charge in [-0.3, -0.25) is 14.5 Å². The normalized spacial score (nSPS) is 15.4. The number of hydrogen-bond acceptors (Lipinski definition) is 8. The molecule has 3 rings (SSSR count). The lowest BCUT2D eigenvalue weighted by Crippen LogP contribution is -2.32. The van der Waals surface area contributed by atoms with E-state index in [9.17, 15) is 18.0 Å². The predicted molar refractivity (Wildman–Crippen MR) is 123 cm³/mol. The van der Waals surface area contributed by atoms with Crippen molar-refractivity contribution in [2.24, 2.45) is 0 Å². The molecule has 0 spiro atoms. The van der Waals surface area contributed by atoms with Crippen LogP contribution in [0.25, 0.3) is 6.08 Å². The molecular weight excluding hydrogens is 454 g/mol. The number of thioether (sulfide) groups is 1. The number of ether oxygens (including phenoxy) is 2. The van der Waals surface area contributed by atoms with Crippen LogP contribution in [0.15, 0.2) is 41.3 Å². The minimum Gasteiger partial charge on any atom is -0.493 e. The molecule has 0 saturated carbocycles. The molecule has 8 nitrogen and oxygen atoms in total. The van der Waals surface area contributed by atoms with E-state index in [1.54, 1.807) is 12.1 Å². The van der Waals surface area contributed by atoms with Gasteiger partial charge in [0.15, 0.2) is 11.5 Å². The number of rotatable bonds is 8. The van der Waals surface area contributed by atoms with E-state index in [2.05, 4.69) is 0 Å². The third-order valence-corrected chi connectivity index (χ3v) is 5.91. The number of amides is 2. The van der Waals surface area contributed by atoms with Crippen molar-refractivity contribution in [1.82, 2.24) is 4.90 Å². The fourth-order valence-corrected chi connectivity index (χ4v) is 4.29. The highest BCUT2D eigenvalue weighted by Crippen LogP contribution is 2.34. The zero-order valence-corrected chi connectivity index (χ0v) is 19.7. The Morgan fingerprint density at radius 3 is 2.47 bits per heavy atom. The zero-order valence-electron chi connectivity index (χ0n) is 18.1. The molecule has 170 valence electrons. The maximum atomic E-state index is 12.7. The van der Waals surface area contributed by atoms with Gasteiger partial charge < -0.3 is 13.7 Å². The Hall–Kier alpha value is -2.98. The summed E-state index contributed by atoms with van der Waals surface area (Å²) in [5.74, 6) is 0.519. The van der Waals surface area contributed by atoms with Crippen LogP contribution >= 0.6 is 11.8 Å². The van der Waals surface area contributed by atoms with Crippen LogP contribution in [0.5, 0.6) is 17.2 Å². The molecule has 0 unspecified atom stereocenters. The smallest absolute Gasteiger partial charge is 0.306 e. The van der Waals surface area contributed by atoms with Gasteiger partial charge in [0.05, 0.1) is 24.8 Å². The summed E-state index contributed by atoms with van der Waals surface area (Å²) in [6, 6.07) is 10.4. The highest BCUT2D eigenvalue weighted by atomic mass is 32.2. The molecule has 2 aromatic carbocycles. The second-order valence-corrected chi connectivity index (χ2v) is 9.72. The Morgan fingerprint density at radius 2 is 1.78 bits per heavy atom. The first-order chi connectivity index (χ1) is 15.1. The molecule has 2 amide bonds. The van der Waals surface area contributed by atoms with Crippen LogP contribution in [0.3, 0.4) is 0 Å². The van der Waals surface area contributed by atoms with E-state index in [0.717, 1.165) is 39.8 Å². The number of hydrogen-bond donors (Lipinski definition) is 0. The predicted octanol–water partition coefficient (Wildman–Crippen LogP) is 3.77. The van der Waals surface area contributed by atoms with Crippen LogP contribution in [-0.4, -0.2) is 51.0 Å². The summed E-state index contributed by atoms with van der Waals surface area (Å²) in [7, 11) is -2.35. The fourth-order valence-electron chi connectivity index (χ4n) is 2.96. The minimum absolute atomic E-state index is 0.0313. The standard InChI is InChI=1S/C22H23NO7S2/c1-14-5-6-15(2)18(11-14)29-10-9-23-21(24)20(31-22(23)25)13-16-7-8-17(19(12-16)28-3)30-32(4,26)27/h5-8,11-13H,9-10H2,1-4H3/b20-13-. The molecule has 0 aliphatic carbocycles. The van der Waals surface area contributed by atoms with Crippen LogP contribution in [0, 0.1) is 13.8 Å². The highest BCUT2D eigenvalue weighted by molar-refractivity contribution is 8.18. The van der Waals surface area contributed by atoms with Gasteiger partial charge in [-0.1, -0.05) is 18.2 Å². The quantitative estimate of drug-likeness (QED) is 0.419. The zero-order chi connectivity index (χ0) is 23.5. The number of carbonyl (C=O) groups is 2. The van der Waals surface area contributed by atoms with Crippen LogP contribution < -0.4 is 13.7 Å². The van der Waals surface area contributed by atoms with Gasteiger partial charge in [-0.25, -0.2) is 0 Å². The molecule has 0 radical (unpaired) electrons. The maximum absolute atomic E-state index is 12.7. The lowest BCUT2D eigenvalue weighted by Gasteiger charge is -2.14. The van der Waals surface area contributed by atoms with Crippen molar-refractivity contribution < 1.29 is 31.7 Å². The summed E-state index contributed by atoms with van der Waals surface area (Å²) >= 11 is 0.831. The van der Waals surface area contributed by atoms with E-state index in [0.29, 0.717) is 5.56 Å². The molecule has 1 aliphatic rings. The summed E-state index contributed by atoms with van der Waals surface area (Å²) in [4.78, 5) is 26.5. The molecule has 0 aromatic heterocycles. The Morgan fingerprint density at radius 1 is 1.03 bits per heavy atom. The molecule has 0 atom stereocenters. The SMILES string of the molecule is COc1cc(/C=C2\SC(=O)N(CCOc3cc(C)ccc3C)C2=O)ccc1OS(C)(=O)=O. The molecule has 0 bridgehead atoms. The van der Waals surface area contributed by atoms with Crippen molar-refractivity contribution in [2.45, 2.75) is 13.8 Å². The van der Waals surface area contributed by atoms with Gasteiger partial charge >= 0.3 is 10.1 Å². The number of imide groups is 1. The largest absolute Gasteiger partial charge is 0.493 e. The van der Waals surface area contributed by atoms with Gasteiger partial charge in [0.2, 0.25) is 0 Å². The summed E-state index contributed by atoms with van der Waals surface area (Å²) < 4.78 is 38.5. The minimum atomic E-state index is -3.72. The second-order valence-electron chi connectivity index (χ2n) is 7.15. The van der Waals surface area contributed by atoms with Gasteiger partial charge in [0.1, 0.15) is 12.4 Å². The van der Waals surface area contributed by atoms with Crippen molar-refractivity contribution in [3.05, 3.63) is 58.0 Å². The molecule has 1 saturated heterocycles. The number of methoxy groups -OCH3 is 1. The first-order valence-corrected chi connectivity index (χ1v) is 12.2. The van der Waals surface area contributed by atoms with Gasteiger partial charge in [-0.2, -0.15) is 8.42 Å². The van der Waals surface area contributed by atoms with Crippen molar-refractivity contribution in [2.75, 3.05) is 26.5 Å². The first kappa shape index (κ1) is 23.7. The Kier molecular flexibility index (Phi) is 7.15. The summed E-state index contributed by atoms with van der Waals surface area (Å²) in [5.41, 5.74) is 2.59. The van der Waals surface area contributed by atoms with Gasteiger partial charge in [-0.15, -0.1) is 0 Å². The first-order valence-electron chi connectivity index (χ1n) is 9.60. The second kappa shape index (κ2) is 9.66. The fraction of sp³-hybridized carbons (Fsp3) is 0.273. The third kappa shape index (κ3) is 5.83. The molecule has 0 N–H and O–H groups in total. The van der Waals surface area contributed by atoms with Crippen LogP contribution in [0.2, 0.25) is 0 Å². The van der Waals surface area contributed by atoms with E-state index in [1.165, 1.54) is 19.2 Å². The van der Waals surface area contributed by atoms with E-state index in [-0.39, 0.29) is 34.8 Å². The number of nitrogens with zero attached hydrogens (tertiary/aromatic N) is 1. The van der Waals surface area contributed by atoms with Gasteiger partial charge in [0.25, 0.3) is 11.1 Å². The molecule has 1 fully saturated rings. The van der Waals surface area contributed by atoms with E-state index >= 15 is 0 Å². The van der Waals surface area contributed by atoms with E-state index in [1.807, 2.05) is 32.0 Å².